The highest BCUT2D eigenvalue weighted by atomic mass is 16.7. The summed E-state index contributed by atoms with van der Waals surface area (Å²) in [5, 5.41) is 48.8. The molecule has 16 nitrogen and oxygen atoms in total. The second-order valence-electron chi connectivity index (χ2n) is 9.00. The molecule has 206 valence electrons. The Balaban J connectivity index is 1.99. The van der Waals surface area contributed by atoms with Gasteiger partial charge in [-0.2, -0.15) is 0 Å². The van der Waals surface area contributed by atoms with Gasteiger partial charge in [0.15, 0.2) is 10.5 Å². The zero-order chi connectivity index (χ0) is 29.7. The molecule has 2 aliphatic rings. The molecule has 0 radical (unpaired) electrons. The third-order valence-corrected chi connectivity index (χ3v) is 6.47. The van der Waals surface area contributed by atoms with E-state index < -0.39 is 53.4 Å². The van der Waals surface area contributed by atoms with E-state index in [9.17, 15) is 40.5 Å². The molecule has 0 atom stereocenters. The van der Waals surface area contributed by atoms with Gasteiger partial charge in [-0.05, 0) is 52.7 Å². The maximum atomic E-state index is 12.6. The Kier molecular flexibility index (Phi) is 5.85. The summed E-state index contributed by atoms with van der Waals surface area (Å²) in [4.78, 5) is 58.2. The highest BCUT2D eigenvalue weighted by molar-refractivity contribution is 6.04. The number of hydrogen-bond donors (Lipinski definition) is 1. The van der Waals surface area contributed by atoms with E-state index in [4.69, 9.17) is 0 Å². The van der Waals surface area contributed by atoms with Crippen molar-refractivity contribution in [2.24, 2.45) is 0 Å². The Labute approximate surface area is 232 Å². The van der Waals surface area contributed by atoms with E-state index >= 15 is 0 Å². The topological polar surface area (TPSA) is 219 Å². The van der Waals surface area contributed by atoms with Crippen LogP contribution in [-0.2, 0) is 0 Å². The van der Waals surface area contributed by atoms with Crippen molar-refractivity contribution >= 4 is 63.4 Å². The first kappa shape index (κ1) is 25.7. The predicted molar refractivity (Wildman–Crippen MR) is 150 cm³/mol. The van der Waals surface area contributed by atoms with Crippen molar-refractivity contribution in [2.75, 3.05) is 0 Å². The summed E-state index contributed by atoms with van der Waals surface area (Å²) in [5.74, 6) is 0. The van der Waals surface area contributed by atoms with Gasteiger partial charge in [0.25, 0.3) is 5.52 Å². The largest absolute Gasteiger partial charge is 0.344 e. The molecule has 2 aliphatic heterocycles. The maximum absolute atomic E-state index is 12.6. The number of hydrogen-bond acceptors (Lipinski definition) is 10. The molecule has 8 bridgehead atoms. The number of nitrogens with one attached hydrogen (secondary N) is 1. The Morgan fingerprint density at radius 2 is 1.24 bits per heavy atom. The van der Waals surface area contributed by atoms with E-state index in [1.165, 1.54) is 42.5 Å². The molecular weight excluding hydrogens is 552 g/mol. The van der Waals surface area contributed by atoms with Gasteiger partial charge in [0.05, 0.1) is 43.1 Å². The number of fused-ring (bicyclic) bond motifs is 8. The average Bonchev–Trinajstić information content (AvgIpc) is 3.71. The second-order valence-corrected chi connectivity index (χ2v) is 9.00. The van der Waals surface area contributed by atoms with E-state index in [0.29, 0.717) is 17.1 Å². The highest BCUT2D eigenvalue weighted by Crippen LogP contribution is 2.45. The molecule has 16 heteroatoms. The lowest BCUT2D eigenvalue weighted by molar-refractivity contribution is -0.534. The van der Waals surface area contributed by atoms with Gasteiger partial charge in [0.2, 0.25) is 0 Å². The van der Waals surface area contributed by atoms with Crippen LogP contribution in [0.2, 0.25) is 0 Å². The second kappa shape index (κ2) is 9.56. The molecule has 1 N–H and O–H groups in total. The molecule has 0 saturated carbocycles. The maximum Gasteiger partial charge on any atom is 0.336 e. The van der Waals surface area contributed by atoms with Crippen LogP contribution in [-0.4, -0.2) is 39.4 Å². The Hall–Kier alpha value is -6.58. The summed E-state index contributed by atoms with van der Waals surface area (Å²) in [5.41, 5.74) is -4.09. The zero-order valence-electron chi connectivity index (χ0n) is 20.9. The Morgan fingerprint density at radius 1 is 0.667 bits per heavy atom. The molecule has 0 unspecified atom stereocenters. The summed E-state index contributed by atoms with van der Waals surface area (Å²) in [7, 11) is 0. The SMILES string of the molecule is O=[N+]([O-])c1cc2cc3nc(cc4nc(cc5c(-c6ccccc6)c([N+](=O)[O-])c(c([N+](=O)[O-])c1[nH]2)n5[N+](=O)[O-])C=C4)C=C3. The van der Waals surface area contributed by atoms with E-state index in [1.807, 2.05) is 0 Å². The van der Waals surface area contributed by atoms with Crippen molar-refractivity contribution in [1.29, 1.82) is 0 Å². The molecule has 0 amide bonds. The minimum absolute atomic E-state index is 0.00144. The van der Waals surface area contributed by atoms with Crippen LogP contribution >= 0.6 is 0 Å². The molecule has 42 heavy (non-hydrogen) atoms. The lowest BCUT2D eigenvalue weighted by atomic mass is 10.0. The third-order valence-electron chi connectivity index (χ3n) is 6.47. The van der Waals surface area contributed by atoms with Crippen LogP contribution in [0.15, 0.2) is 54.6 Å². The summed E-state index contributed by atoms with van der Waals surface area (Å²) in [6, 6.07) is 12.7. The van der Waals surface area contributed by atoms with Crippen molar-refractivity contribution in [1.82, 2.24) is 19.6 Å². The molecule has 0 aliphatic carbocycles. The fourth-order valence-electron chi connectivity index (χ4n) is 4.87. The minimum atomic E-state index is -1.24. The fourth-order valence-corrected chi connectivity index (χ4v) is 4.87. The number of H-pyrrole nitrogens is 1. The van der Waals surface area contributed by atoms with Crippen molar-refractivity contribution < 1.29 is 19.8 Å². The van der Waals surface area contributed by atoms with Gasteiger partial charge in [-0.25, -0.2) is 20.1 Å². The summed E-state index contributed by atoms with van der Waals surface area (Å²) < 4.78 is 0.195. The molecule has 4 aromatic rings. The van der Waals surface area contributed by atoms with E-state index in [2.05, 4.69) is 15.0 Å². The number of benzene rings is 1. The smallest absolute Gasteiger partial charge is 0.336 e. The van der Waals surface area contributed by atoms with Gasteiger partial charge in [0.1, 0.15) is 5.52 Å². The van der Waals surface area contributed by atoms with Crippen LogP contribution in [0.1, 0.15) is 22.8 Å². The van der Waals surface area contributed by atoms with Crippen LogP contribution in [0.5, 0.6) is 0 Å². The first-order chi connectivity index (χ1) is 20.1. The first-order valence-corrected chi connectivity index (χ1v) is 12.0. The number of aromatic amines is 1. The molecule has 6 rings (SSSR count). The summed E-state index contributed by atoms with van der Waals surface area (Å²) in [6.45, 7) is 0. The molecule has 0 spiro atoms. The van der Waals surface area contributed by atoms with Crippen LogP contribution in [0.25, 0.3) is 57.5 Å². The molecule has 0 fully saturated rings. The van der Waals surface area contributed by atoms with Crippen molar-refractivity contribution in [3.05, 3.63) is 118 Å². The molecule has 5 heterocycles. The number of aromatic nitrogens is 4. The lowest BCUT2D eigenvalue weighted by Gasteiger charge is -1.98. The summed E-state index contributed by atoms with van der Waals surface area (Å²) in [6.07, 6.45) is 6.38. The van der Waals surface area contributed by atoms with Crippen molar-refractivity contribution in [3.8, 4) is 11.1 Å². The number of nitrogens with zero attached hydrogens (tertiary/aromatic N) is 7. The van der Waals surface area contributed by atoms with Crippen LogP contribution in [0, 0.1) is 40.5 Å². The van der Waals surface area contributed by atoms with Crippen molar-refractivity contribution in [3.63, 3.8) is 0 Å². The standard InChI is InChI=1S/C26H14N8O8/c35-31(36)21-13-19-11-17-7-6-15(27-17)10-16-8-9-18(28-16)12-20-22(14-4-2-1-3-5-14)24(32(37)38)26(30(20)34(41)42)25(33(39)40)23(21)29-19/h1-13,29H. The van der Waals surface area contributed by atoms with Gasteiger partial charge >= 0.3 is 17.1 Å². The highest BCUT2D eigenvalue weighted by Gasteiger charge is 2.40. The van der Waals surface area contributed by atoms with Crippen molar-refractivity contribution in [2.45, 2.75) is 0 Å². The Bertz CT molecular complexity index is 2110. The molecule has 1 aromatic carbocycles. The Morgan fingerprint density at radius 3 is 1.79 bits per heavy atom. The van der Waals surface area contributed by atoms with Gasteiger partial charge in [-0.3, -0.25) is 30.3 Å². The number of nitro groups is 4. The molecular formula is C26H14N8O8. The minimum Gasteiger partial charge on any atom is -0.344 e. The molecule has 3 aromatic heterocycles. The van der Waals surface area contributed by atoms with Gasteiger partial charge in [-0.1, -0.05) is 30.3 Å². The van der Waals surface area contributed by atoms with Crippen LogP contribution in [0.3, 0.4) is 0 Å². The van der Waals surface area contributed by atoms with E-state index in [0.717, 1.165) is 6.07 Å². The first-order valence-electron chi connectivity index (χ1n) is 12.0. The predicted octanol–water partition coefficient (Wildman–Crippen LogP) is 5.56. The quantitative estimate of drug-likeness (QED) is 0.202. The van der Waals surface area contributed by atoms with Gasteiger partial charge in [0, 0.05) is 11.6 Å². The van der Waals surface area contributed by atoms with Crippen LogP contribution in [0.4, 0.5) is 17.1 Å². The zero-order valence-corrected chi connectivity index (χ0v) is 20.9. The third kappa shape index (κ3) is 4.20. The normalized spacial score (nSPS) is 11.9. The van der Waals surface area contributed by atoms with E-state index in [-0.39, 0.29) is 27.0 Å². The monoisotopic (exact) mass is 566 g/mol. The number of rotatable bonds is 5. The lowest BCUT2D eigenvalue weighted by Crippen LogP contribution is -2.09. The van der Waals surface area contributed by atoms with Gasteiger partial charge < -0.3 is 4.98 Å². The van der Waals surface area contributed by atoms with Crippen LogP contribution < -0.4 is 0 Å². The summed E-state index contributed by atoms with van der Waals surface area (Å²) >= 11 is 0. The average molecular weight is 566 g/mol. The molecule has 0 saturated heterocycles. The fraction of sp³-hybridized carbons (Fsp3) is 0. The van der Waals surface area contributed by atoms with Gasteiger partial charge in [-0.15, -0.1) is 0 Å². The van der Waals surface area contributed by atoms with E-state index in [1.54, 1.807) is 30.4 Å².